The monoisotopic (exact) mass is 209 g/mol. The normalized spacial score (nSPS) is 20.7. The summed E-state index contributed by atoms with van der Waals surface area (Å²) in [5.74, 6) is 0.630. The summed E-state index contributed by atoms with van der Waals surface area (Å²) in [6, 6.07) is 0. The molecular weight excluding hydrogens is 186 g/mol. The quantitative estimate of drug-likeness (QED) is 0.555. The number of aliphatic hydroxyl groups is 1. The molecule has 2 heteroatoms. The molecule has 0 aliphatic heterocycles. The molecule has 1 saturated carbocycles. The van der Waals surface area contributed by atoms with Crippen molar-refractivity contribution in [2.75, 3.05) is 6.54 Å². The minimum atomic E-state index is 0.183. The van der Waals surface area contributed by atoms with E-state index in [1.807, 2.05) is 6.92 Å². The topological polar surface area (TPSA) is 32.6 Å². The van der Waals surface area contributed by atoms with Crippen LogP contribution in [-0.2, 0) is 0 Å². The average Bonchev–Trinajstić information content (AvgIpc) is 2.14. The van der Waals surface area contributed by atoms with Crippen molar-refractivity contribution < 1.29 is 5.11 Å². The van der Waals surface area contributed by atoms with Gasteiger partial charge in [-0.25, -0.2) is 0 Å². The van der Waals surface area contributed by atoms with Crippen LogP contribution in [0, 0.1) is 5.92 Å². The summed E-state index contributed by atoms with van der Waals surface area (Å²) in [5, 5.41) is 9.53. The van der Waals surface area contributed by atoms with Gasteiger partial charge in [0, 0.05) is 12.5 Å². The van der Waals surface area contributed by atoms with Gasteiger partial charge >= 0.3 is 0 Å². The third-order valence-corrected chi connectivity index (χ3v) is 3.12. The molecule has 0 aromatic heterocycles. The van der Waals surface area contributed by atoms with Gasteiger partial charge in [0.15, 0.2) is 0 Å². The number of hydrogen-bond donors (Lipinski definition) is 1. The van der Waals surface area contributed by atoms with E-state index in [1.165, 1.54) is 44.9 Å². The molecule has 86 valence electrons. The van der Waals surface area contributed by atoms with Gasteiger partial charge in [-0.1, -0.05) is 38.7 Å². The number of nitrogens with zero attached hydrogens (tertiary/aromatic N) is 1. The van der Waals surface area contributed by atoms with Gasteiger partial charge in [-0.15, -0.1) is 0 Å². The van der Waals surface area contributed by atoms with Crippen molar-refractivity contribution in [2.45, 2.75) is 51.9 Å². The largest absolute Gasteiger partial charge is 0.507 e. The predicted molar refractivity (Wildman–Crippen MR) is 65.6 cm³/mol. The van der Waals surface area contributed by atoms with Crippen LogP contribution in [0.4, 0.5) is 0 Å². The van der Waals surface area contributed by atoms with Crippen LogP contribution in [0.25, 0.3) is 0 Å². The molecule has 0 bridgehead atoms. The van der Waals surface area contributed by atoms with Crippen LogP contribution in [0.3, 0.4) is 0 Å². The van der Waals surface area contributed by atoms with Crippen molar-refractivity contribution >= 4 is 5.71 Å². The van der Waals surface area contributed by atoms with E-state index in [0.29, 0.717) is 5.92 Å². The lowest BCUT2D eigenvalue weighted by Crippen LogP contribution is -2.18. The number of allylic oxidation sites excluding steroid dienone is 1. The Morgan fingerprint density at radius 3 is 2.20 bits per heavy atom. The third-order valence-electron chi connectivity index (χ3n) is 3.12. The van der Waals surface area contributed by atoms with Crippen molar-refractivity contribution in [3.63, 3.8) is 0 Å². The summed E-state index contributed by atoms with van der Waals surface area (Å²) in [7, 11) is 0. The lowest BCUT2D eigenvalue weighted by atomic mass is 9.87. The number of aliphatic imine (C=N–C) groups is 1. The second-order valence-electron chi connectivity index (χ2n) is 4.35. The lowest BCUT2D eigenvalue weighted by molar-refractivity contribution is 0.413. The Bertz CT molecular complexity index is 225. The molecule has 1 aliphatic carbocycles. The third kappa shape index (κ3) is 4.06. The highest BCUT2D eigenvalue weighted by Crippen LogP contribution is 2.25. The molecular formula is C13H23NO. The molecule has 0 aromatic carbocycles. The maximum Gasteiger partial charge on any atom is 0.129 e. The van der Waals surface area contributed by atoms with E-state index in [1.54, 1.807) is 0 Å². The first kappa shape index (κ1) is 12.3. The van der Waals surface area contributed by atoms with Crippen molar-refractivity contribution in [3.8, 4) is 0 Å². The van der Waals surface area contributed by atoms with Crippen LogP contribution >= 0.6 is 0 Å². The van der Waals surface area contributed by atoms with Crippen LogP contribution in [0.2, 0.25) is 0 Å². The van der Waals surface area contributed by atoms with Crippen LogP contribution in [0.15, 0.2) is 17.3 Å². The SMILES string of the molecule is C=C(O)C(=NCC)C1CCCCCCC1. The summed E-state index contributed by atoms with van der Waals surface area (Å²) in [5.41, 5.74) is 0.861. The zero-order valence-electron chi connectivity index (χ0n) is 9.84. The van der Waals surface area contributed by atoms with Crippen LogP contribution in [-0.4, -0.2) is 17.4 Å². The highest BCUT2D eigenvalue weighted by molar-refractivity contribution is 5.99. The van der Waals surface area contributed by atoms with Gasteiger partial charge in [0.25, 0.3) is 0 Å². The zero-order valence-corrected chi connectivity index (χ0v) is 9.84. The molecule has 0 unspecified atom stereocenters. The zero-order chi connectivity index (χ0) is 11.1. The van der Waals surface area contributed by atoms with Crippen molar-refractivity contribution in [3.05, 3.63) is 12.3 Å². The molecule has 1 rings (SSSR count). The Labute approximate surface area is 93.1 Å². The van der Waals surface area contributed by atoms with Gasteiger partial charge in [-0.05, 0) is 19.8 Å². The van der Waals surface area contributed by atoms with Crippen LogP contribution in [0.5, 0.6) is 0 Å². The summed E-state index contributed by atoms with van der Waals surface area (Å²) in [6.45, 7) is 6.38. The maximum atomic E-state index is 9.53. The van der Waals surface area contributed by atoms with Gasteiger partial charge in [-0.3, -0.25) is 4.99 Å². The molecule has 0 spiro atoms. The molecule has 0 heterocycles. The molecule has 15 heavy (non-hydrogen) atoms. The maximum absolute atomic E-state index is 9.53. The first-order valence-corrected chi connectivity index (χ1v) is 6.18. The van der Waals surface area contributed by atoms with Crippen molar-refractivity contribution in [1.29, 1.82) is 0 Å². The van der Waals surface area contributed by atoms with Crippen LogP contribution in [0.1, 0.15) is 51.9 Å². The fraction of sp³-hybridized carbons (Fsp3) is 0.769. The minimum Gasteiger partial charge on any atom is -0.507 e. The van der Waals surface area contributed by atoms with E-state index < -0.39 is 0 Å². The first-order valence-electron chi connectivity index (χ1n) is 6.18. The Balaban J connectivity index is 2.63. The van der Waals surface area contributed by atoms with Crippen molar-refractivity contribution in [1.82, 2.24) is 0 Å². The number of aliphatic hydroxyl groups excluding tert-OH is 1. The van der Waals surface area contributed by atoms with E-state index >= 15 is 0 Å². The summed E-state index contributed by atoms with van der Waals surface area (Å²) < 4.78 is 0. The van der Waals surface area contributed by atoms with Gasteiger partial charge in [0.2, 0.25) is 0 Å². The van der Waals surface area contributed by atoms with Gasteiger partial charge < -0.3 is 5.11 Å². The Morgan fingerprint density at radius 2 is 1.73 bits per heavy atom. The lowest BCUT2D eigenvalue weighted by Gasteiger charge is -2.20. The standard InChI is InChI=1S/C13H23NO/c1-3-14-13(11(2)15)12-9-7-5-4-6-8-10-12/h12,15H,2-10H2,1H3. The summed E-state index contributed by atoms with van der Waals surface area (Å²) in [6.07, 6.45) is 8.88. The Kier molecular flexibility index (Phi) is 5.44. The molecule has 0 saturated heterocycles. The minimum absolute atomic E-state index is 0.183. The van der Waals surface area contributed by atoms with Gasteiger partial charge in [-0.2, -0.15) is 0 Å². The van der Waals surface area contributed by atoms with E-state index in [4.69, 9.17) is 0 Å². The fourth-order valence-corrected chi connectivity index (χ4v) is 2.36. The van der Waals surface area contributed by atoms with E-state index in [-0.39, 0.29) is 5.76 Å². The summed E-state index contributed by atoms with van der Waals surface area (Å²) >= 11 is 0. The Hall–Kier alpha value is -0.790. The van der Waals surface area contributed by atoms with E-state index in [2.05, 4.69) is 11.6 Å². The number of rotatable bonds is 3. The second kappa shape index (κ2) is 6.65. The molecule has 0 amide bonds. The van der Waals surface area contributed by atoms with Crippen molar-refractivity contribution in [2.24, 2.45) is 10.9 Å². The number of hydrogen-bond acceptors (Lipinski definition) is 2. The van der Waals surface area contributed by atoms with E-state index in [9.17, 15) is 5.11 Å². The molecule has 0 aromatic rings. The summed E-state index contributed by atoms with van der Waals surface area (Å²) in [4.78, 5) is 4.39. The molecule has 2 nitrogen and oxygen atoms in total. The predicted octanol–water partition coefficient (Wildman–Crippen LogP) is 3.88. The highest BCUT2D eigenvalue weighted by atomic mass is 16.3. The van der Waals surface area contributed by atoms with Gasteiger partial charge in [0.1, 0.15) is 5.76 Å². The van der Waals surface area contributed by atoms with E-state index in [0.717, 1.165) is 12.3 Å². The average molecular weight is 209 g/mol. The second-order valence-corrected chi connectivity index (χ2v) is 4.35. The smallest absolute Gasteiger partial charge is 0.129 e. The molecule has 1 fully saturated rings. The fourth-order valence-electron chi connectivity index (χ4n) is 2.36. The molecule has 0 atom stereocenters. The van der Waals surface area contributed by atoms with Gasteiger partial charge in [0.05, 0.1) is 5.71 Å². The molecule has 0 radical (unpaired) electrons. The first-order chi connectivity index (χ1) is 7.25. The highest BCUT2D eigenvalue weighted by Gasteiger charge is 2.18. The Morgan fingerprint density at radius 1 is 1.20 bits per heavy atom. The molecule has 1 aliphatic rings. The molecule has 1 N–H and O–H groups in total. The van der Waals surface area contributed by atoms with Crippen LogP contribution < -0.4 is 0 Å².